The molecule has 1 unspecified atom stereocenters. The number of likely N-dealkylation sites (tertiary alicyclic amines) is 1. The van der Waals surface area contributed by atoms with Crippen molar-refractivity contribution in [3.63, 3.8) is 0 Å². The molecule has 22 heavy (non-hydrogen) atoms. The Hall–Kier alpha value is -1.36. The minimum atomic E-state index is -3.43. The summed E-state index contributed by atoms with van der Waals surface area (Å²) in [4.78, 5) is 14.4. The molecule has 1 aromatic carbocycles. The lowest BCUT2D eigenvalue weighted by Gasteiger charge is -2.26. The number of rotatable bonds is 4. The van der Waals surface area contributed by atoms with Crippen LogP contribution < -0.4 is 0 Å². The highest BCUT2D eigenvalue weighted by molar-refractivity contribution is 7.91. The maximum absolute atomic E-state index is 12.6. The number of hydrogen-bond acceptors (Lipinski definition) is 3. The molecule has 1 saturated heterocycles. The molecular weight excluding hydrogens is 298 g/mol. The summed E-state index contributed by atoms with van der Waals surface area (Å²) in [5.74, 6) is 0.377. The predicted octanol–water partition coefficient (Wildman–Crippen LogP) is 2.85. The number of carbonyl (C=O) groups is 1. The van der Waals surface area contributed by atoms with E-state index in [1.807, 2.05) is 0 Å². The van der Waals surface area contributed by atoms with Crippen LogP contribution in [0.4, 0.5) is 0 Å². The Kier molecular flexibility index (Phi) is 4.52. The van der Waals surface area contributed by atoms with Crippen LogP contribution in [-0.2, 0) is 14.6 Å². The van der Waals surface area contributed by atoms with Crippen LogP contribution >= 0.6 is 0 Å². The van der Waals surface area contributed by atoms with E-state index < -0.39 is 9.84 Å². The zero-order valence-corrected chi connectivity index (χ0v) is 13.6. The molecule has 1 atom stereocenters. The largest absolute Gasteiger partial charge is 0.328 e. The van der Waals surface area contributed by atoms with Crippen molar-refractivity contribution in [2.75, 3.05) is 12.4 Å². The van der Waals surface area contributed by atoms with Gasteiger partial charge < -0.3 is 4.90 Å². The summed E-state index contributed by atoms with van der Waals surface area (Å²) in [6, 6.07) is 8.40. The van der Waals surface area contributed by atoms with Crippen molar-refractivity contribution >= 4 is 15.7 Å². The third kappa shape index (κ3) is 3.19. The van der Waals surface area contributed by atoms with Gasteiger partial charge in [0.1, 0.15) is 5.88 Å². The second-order valence-corrected chi connectivity index (χ2v) is 8.41. The Balaban J connectivity index is 1.68. The van der Waals surface area contributed by atoms with Crippen molar-refractivity contribution in [2.45, 2.75) is 43.4 Å². The summed E-state index contributed by atoms with van der Waals surface area (Å²) in [5, 5.41) is 0. The number of nitrogens with zero attached hydrogens (tertiary/aromatic N) is 1. The van der Waals surface area contributed by atoms with E-state index in [4.69, 9.17) is 0 Å². The van der Waals surface area contributed by atoms with Crippen LogP contribution in [0.3, 0.4) is 0 Å². The first-order valence-corrected chi connectivity index (χ1v) is 9.80. The second kappa shape index (κ2) is 6.41. The molecule has 1 heterocycles. The Bertz CT molecular complexity index is 621. The van der Waals surface area contributed by atoms with Crippen LogP contribution in [0.2, 0.25) is 0 Å². The van der Waals surface area contributed by atoms with Crippen LogP contribution in [0.25, 0.3) is 0 Å². The molecule has 0 bridgehead atoms. The van der Waals surface area contributed by atoms with E-state index in [2.05, 4.69) is 0 Å². The summed E-state index contributed by atoms with van der Waals surface area (Å²) in [6.45, 7) is 0.575. The lowest BCUT2D eigenvalue weighted by molar-refractivity contribution is -0.132. The van der Waals surface area contributed by atoms with Gasteiger partial charge in [-0.3, -0.25) is 4.79 Å². The normalized spacial score (nSPS) is 23.9. The highest BCUT2D eigenvalue weighted by Gasteiger charge is 2.39. The van der Waals surface area contributed by atoms with Gasteiger partial charge in [-0.05, 0) is 37.3 Å². The van der Waals surface area contributed by atoms with Gasteiger partial charge in [0.25, 0.3) is 0 Å². The number of hydrogen-bond donors (Lipinski definition) is 0. The zero-order valence-electron chi connectivity index (χ0n) is 12.8. The fourth-order valence-corrected chi connectivity index (χ4v) is 5.16. The van der Waals surface area contributed by atoms with Gasteiger partial charge in [-0.1, -0.05) is 37.5 Å². The van der Waals surface area contributed by atoms with Gasteiger partial charge in [-0.2, -0.15) is 0 Å². The average molecular weight is 321 g/mol. The van der Waals surface area contributed by atoms with Crippen LogP contribution in [0, 0.1) is 11.8 Å². The number of carbonyl (C=O) groups excluding carboxylic acids is 1. The van der Waals surface area contributed by atoms with Crippen LogP contribution in [0.1, 0.15) is 38.5 Å². The zero-order chi connectivity index (χ0) is 15.6. The Morgan fingerprint density at radius 1 is 1.00 bits per heavy atom. The molecule has 1 amide bonds. The van der Waals surface area contributed by atoms with E-state index in [1.165, 1.54) is 19.3 Å². The Morgan fingerprint density at radius 3 is 2.36 bits per heavy atom. The van der Waals surface area contributed by atoms with Crippen molar-refractivity contribution in [3.05, 3.63) is 30.3 Å². The molecule has 0 radical (unpaired) electrons. The fraction of sp³-hybridized carbons (Fsp3) is 0.588. The van der Waals surface area contributed by atoms with Gasteiger partial charge >= 0.3 is 0 Å². The summed E-state index contributed by atoms with van der Waals surface area (Å²) in [6.07, 6.45) is 6.73. The van der Waals surface area contributed by atoms with E-state index in [-0.39, 0.29) is 17.7 Å². The average Bonchev–Trinajstić information content (AvgIpc) is 2.89. The van der Waals surface area contributed by atoms with Gasteiger partial charge in [0.05, 0.1) is 4.90 Å². The van der Waals surface area contributed by atoms with Gasteiger partial charge in [0, 0.05) is 12.5 Å². The third-order valence-electron chi connectivity index (χ3n) is 4.99. The topological polar surface area (TPSA) is 54.5 Å². The first-order chi connectivity index (χ1) is 10.6. The molecule has 2 aliphatic rings. The number of amides is 1. The molecule has 1 aliphatic heterocycles. The summed E-state index contributed by atoms with van der Waals surface area (Å²) >= 11 is 0. The quantitative estimate of drug-likeness (QED) is 0.857. The highest BCUT2D eigenvalue weighted by Crippen LogP contribution is 2.36. The minimum absolute atomic E-state index is 0.0475. The summed E-state index contributed by atoms with van der Waals surface area (Å²) < 4.78 is 24.8. The van der Waals surface area contributed by atoms with Gasteiger partial charge in [0.2, 0.25) is 5.91 Å². The Labute approximate surface area is 132 Å². The lowest BCUT2D eigenvalue weighted by atomic mass is 9.79. The van der Waals surface area contributed by atoms with Crippen molar-refractivity contribution in [1.82, 2.24) is 4.90 Å². The SMILES string of the molecule is O=C1C(C2CCCCC2)CCN1CS(=O)(=O)c1ccccc1. The van der Waals surface area contributed by atoms with E-state index in [0.29, 0.717) is 17.4 Å². The Morgan fingerprint density at radius 2 is 1.68 bits per heavy atom. The molecular formula is C17H23NO3S. The molecule has 1 aliphatic carbocycles. The number of benzene rings is 1. The second-order valence-electron chi connectivity index (χ2n) is 6.45. The minimum Gasteiger partial charge on any atom is -0.328 e. The lowest BCUT2D eigenvalue weighted by Crippen LogP contribution is -2.34. The first-order valence-electron chi connectivity index (χ1n) is 8.14. The summed E-state index contributed by atoms with van der Waals surface area (Å²) in [7, 11) is -3.43. The number of sulfone groups is 1. The van der Waals surface area contributed by atoms with Crippen molar-refractivity contribution < 1.29 is 13.2 Å². The first kappa shape index (κ1) is 15.5. The molecule has 5 heteroatoms. The van der Waals surface area contributed by atoms with E-state index in [0.717, 1.165) is 19.3 Å². The standard InChI is InChI=1S/C17H23NO3S/c19-17-16(14-7-3-1-4-8-14)11-12-18(17)13-22(20,21)15-9-5-2-6-10-15/h2,5-6,9-10,14,16H,1,3-4,7-8,11-13H2. The third-order valence-corrected chi connectivity index (χ3v) is 6.63. The van der Waals surface area contributed by atoms with Crippen LogP contribution in [0.15, 0.2) is 35.2 Å². The molecule has 1 saturated carbocycles. The molecule has 3 rings (SSSR count). The monoisotopic (exact) mass is 321 g/mol. The van der Waals surface area contributed by atoms with Gasteiger partial charge in [0.15, 0.2) is 9.84 Å². The van der Waals surface area contributed by atoms with E-state index >= 15 is 0 Å². The molecule has 2 fully saturated rings. The summed E-state index contributed by atoms with van der Waals surface area (Å²) in [5.41, 5.74) is 0. The van der Waals surface area contributed by atoms with Crippen LogP contribution in [-0.4, -0.2) is 31.6 Å². The molecule has 0 spiro atoms. The highest BCUT2D eigenvalue weighted by atomic mass is 32.2. The molecule has 0 N–H and O–H groups in total. The predicted molar refractivity (Wildman–Crippen MR) is 84.9 cm³/mol. The molecule has 1 aromatic rings. The van der Waals surface area contributed by atoms with Crippen molar-refractivity contribution in [2.24, 2.45) is 11.8 Å². The van der Waals surface area contributed by atoms with Gasteiger partial charge in [-0.15, -0.1) is 0 Å². The molecule has 120 valence electrons. The van der Waals surface area contributed by atoms with Crippen molar-refractivity contribution in [3.8, 4) is 0 Å². The van der Waals surface area contributed by atoms with Crippen LogP contribution in [0.5, 0.6) is 0 Å². The fourth-order valence-electron chi connectivity index (χ4n) is 3.77. The molecule has 0 aromatic heterocycles. The van der Waals surface area contributed by atoms with Crippen molar-refractivity contribution in [1.29, 1.82) is 0 Å². The maximum Gasteiger partial charge on any atom is 0.226 e. The van der Waals surface area contributed by atoms with E-state index in [9.17, 15) is 13.2 Å². The maximum atomic E-state index is 12.6. The van der Waals surface area contributed by atoms with Gasteiger partial charge in [-0.25, -0.2) is 8.42 Å². The smallest absolute Gasteiger partial charge is 0.226 e. The molecule has 4 nitrogen and oxygen atoms in total. The van der Waals surface area contributed by atoms with E-state index in [1.54, 1.807) is 35.2 Å².